The molecule has 0 saturated heterocycles. The smallest absolute Gasteiger partial charge is 0.329 e. The second-order valence-electron chi connectivity index (χ2n) is 8.49. The first-order valence-corrected chi connectivity index (χ1v) is 11.1. The lowest BCUT2D eigenvalue weighted by Gasteiger charge is -2.21. The normalized spacial score (nSPS) is 18.4. The van der Waals surface area contributed by atoms with E-state index in [2.05, 4.69) is 15.3 Å². The van der Waals surface area contributed by atoms with Gasteiger partial charge in [-0.15, -0.1) is 0 Å². The van der Waals surface area contributed by atoms with Crippen LogP contribution < -0.4 is 16.6 Å². The first-order valence-electron chi connectivity index (χ1n) is 11.1. The van der Waals surface area contributed by atoms with E-state index in [-0.39, 0.29) is 17.3 Å². The molecule has 0 radical (unpaired) electrons. The van der Waals surface area contributed by atoms with Crippen LogP contribution in [-0.4, -0.2) is 26.5 Å². The summed E-state index contributed by atoms with van der Waals surface area (Å²) in [6.07, 6.45) is 10.7. The van der Waals surface area contributed by atoms with Crippen molar-refractivity contribution in [1.29, 1.82) is 0 Å². The molecule has 156 valence electrons. The Kier molecular flexibility index (Phi) is 5.83. The molecule has 2 fully saturated rings. The van der Waals surface area contributed by atoms with Gasteiger partial charge in [0.25, 0.3) is 11.5 Å². The number of hydrogen-bond acceptors (Lipinski definition) is 4. The fourth-order valence-electron chi connectivity index (χ4n) is 4.36. The summed E-state index contributed by atoms with van der Waals surface area (Å²) in [5.74, 6) is 0.0916. The van der Waals surface area contributed by atoms with Crippen molar-refractivity contribution in [1.82, 2.24) is 19.9 Å². The Labute approximate surface area is 169 Å². The zero-order valence-electron chi connectivity index (χ0n) is 17.1. The molecule has 1 amide bonds. The van der Waals surface area contributed by atoms with E-state index in [4.69, 9.17) is 0 Å². The predicted octanol–water partition coefficient (Wildman–Crippen LogP) is 3.21. The minimum Gasteiger partial charge on any atom is -0.349 e. The van der Waals surface area contributed by atoms with Crippen LogP contribution in [0.15, 0.2) is 15.7 Å². The summed E-state index contributed by atoms with van der Waals surface area (Å²) < 4.78 is 1.50. The van der Waals surface area contributed by atoms with Gasteiger partial charge in [0.2, 0.25) is 0 Å². The minimum absolute atomic E-state index is 0.135. The Morgan fingerprint density at radius 2 is 1.83 bits per heavy atom. The molecule has 0 bridgehead atoms. The fourth-order valence-corrected chi connectivity index (χ4v) is 4.36. The number of pyridine rings is 1. The van der Waals surface area contributed by atoms with Crippen molar-refractivity contribution in [3.05, 3.63) is 38.2 Å². The Bertz CT molecular complexity index is 1010. The van der Waals surface area contributed by atoms with Crippen LogP contribution in [0.1, 0.15) is 93.1 Å². The molecule has 2 saturated carbocycles. The van der Waals surface area contributed by atoms with Crippen molar-refractivity contribution in [2.24, 2.45) is 0 Å². The molecule has 2 N–H and O–H groups in total. The number of aryl methyl sites for hydroxylation is 1. The maximum atomic E-state index is 13.2. The molecule has 2 aromatic heterocycles. The Morgan fingerprint density at radius 1 is 1.14 bits per heavy atom. The molecule has 2 aliphatic rings. The number of hydrogen-bond donors (Lipinski definition) is 2. The van der Waals surface area contributed by atoms with Crippen molar-refractivity contribution < 1.29 is 4.79 Å². The van der Waals surface area contributed by atoms with Crippen LogP contribution in [0, 0.1) is 0 Å². The van der Waals surface area contributed by atoms with Gasteiger partial charge < -0.3 is 5.32 Å². The summed E-state index contributed by atoms with van der Waals surface area (Å²) in [4.78, 5) is 45.3. The summed E-state index contributed by atoms with van der Waals surface area (Å²) in [7, 11) is 0. The zero-order valence-corrected chi connectivity index (χ0v) is 17.1. The first-order chi connectivity index (χ1) is 14.1. The highest BCUT2D eigenvalue weighted by Gasteiger charge is 2.29. The summed E-state index contributed by atoms with van der Waals surface area (Å²) >= 11 is 0. The number of aromatic amines is 1. The van der Waals surface area contributed by atoms with Crippen LogP contribution >= 0.6 is 0 Å². The molecule has 0 spiro atoms. The van der Waals surface area contributed by atoms with Crippen molar-refractivity contribution in [3.63, 3.8) is 0 Å². The molecular formula is C22H30N4O3. The lowest BCUT2D eigenvalue weighted by Crippen LogP contribution is -2.37. The van der Waals surface area contributed by atoms with Crippen LogP contribution in [0.3, 0.4) is 0 Å². The molecule has 2 aliphatic carbocycles. The van der Waals surface area contributed by atoms with Gasteiger partial charge in [0, 0.05) is 24.2 Å². The van der Waals surface area contributed by atoms with Gasteiger partial charge >= 0.3 is 5.69 Å². The van der Waals surface area contributed by atoms with E-state index in [1.807, 2.05) is 6.92 Å². The summed E-state index contributed by atoms with van der Waals surface area (Å²) in [5, 5.41) is 3.40. The largest absolute Gasteiger partial charge is 0.349 e. The van der Waals surface area contributed by atoms with Gasteiger partial charge in [-0.2, -0.15) is 0 Å². The summed E-state index contributed by atoms with van der Waals surface area (Å²) in [5.41, 5.74) is 0.513. The molecule has 2 aromatic rings. The number of aromatic nitrogens is 3. The molecule has 2 heterocycles. The van der Waals surface area contributed by atoms with Crippen LogP contribution in [0.25, 0.3) is 11.0 Å². The number of H-pyrrole nitrogens is 1. The van der Waals surface area contributed by atoms with E-state index in [9.17, 15) is 14.4 Å². The van der Waals surface area contributed by atoms with Crippen molar-refractivity contribution in [2.75, 3.05) is 0 Å². The minimum atomic E-state index is -0.532. The van der Waals surface area contributed by atoms with Crippen molar-refractivity contribution in [2.45, 2.75) is 89.6 Å². The number of amides is 1. The molecular weight excluding hydrogens is 368 g/mol. The summed E-state index contributed by atoms with van der Waals surface area (Å²) in [6.45, 7) is 2.42. The highest BCUT2D eigenvalue weighted by molar-refractivity contribution is 6.05. The fraction of sp³-hybridized carbons (Fsp3) is 0.636. The van der Waals surface area contributed by atoms with E-state index >= 15 is 0 Å². The first kappa shape index (κ1) is 19.9. The number of carbonyl (C=O) groups is 1. The Balaban J connectivity index is 1.77. The Hall–Kier alpha value is -2.44. The SMILES string of the molecule is CCCn1c(=O)[nH]c(=O)c2c(C(=O)NC3CCCCCCC3)cc(C3CC3)nc21. The molecule has 0 aliphatic heterocycles. The molecule has 7 nitrogen and oxygen atoms in total. The average Bonchev–Trinajstić information content (AvgIpc) is 3.51. The van der Waals surface area contributed by atoms with Crippen LogP contribution in [0.4, 0.5) is 0 Å². The third-order valence-electron chi connectivity index (χ3n) is 6.10. The number of nitrogens with zero attached hydrogens (tertiary/aromatic N) is 2. The van der Waals surface area contributed by atoms with Crippen molar-refractivity contribution in [3.8, 4) is 0 Å². The number of rotatable bonds is 5. The summed E-state index contributed by atoms with van der Waals surface area (Å²) in [6, 6.07) is 1.91. The molecule has 0 atom stereocenters. The lowest BCUT2D eigenvalue weighted by atomic mass is 9.96. The second-order valence-corrected chi connectivity index (χ2v) is 8.49. The zero-order chi connectivity index (χ0) is 20.4. The topological polar surface area (TPSA) is 96.9 Å². The Morgan fingerprint density at radius 3 is 2.48 bits per heavy atom. The quantitative estimate of drug-likeness (QED) is 0.808. The standard InChI is InChI=1S/C22H30N4O3/c1-2-12-26-19-18(21(28)25-22(26)29)16(13-17(24-19)14-10-11-14)20(27)23-15-8-6-4-3-5-7-9-15/h13-15H,2-12H2,1H3,(H,23,27)(H,25,28,29). The maximum absolute atomic E-state index is 13.2. The van der Waals surface area contributed by atoms with E-state index in [0.717, 1.165) is 50.6 Å². The van der Waals surface area contributed by atoms with Crippen LogP contribution in [0.5, 0.6) is 0 Å². The van der Waals surface area contributed by atoms with E-state index in [1.165, 1.54) is 23.8 Å². The van der Waals surface area contributed by atoms with Gasteiger partial charge in [-0.05, 0) is 38.2 Å². The van der Waals surface area contributed by atoms with E-state index < -0.39 is 11.2 Å². The van der Waals surface area contributed by atoms with Gasteiger partial charge in [-0.25, -0.2) is 9.78 Å². The monoisotopic (exact) mass is 398 g/mol. The van der Waals surface area contributed by atoms with Crippen LogP contribution in [0.2, 0.25) is 0 Å². The second kappa shape index (κ2) is 8.51. The van der Waals surface area contributed by atoms with E-state index in [1.54, 1.807) is 6.07 Å². The van der Waals surface area contributed by atoms with Gasteiger partial charge in [-0.3, -0.25) is 19.1 Å². The molecule has 4 rings (SSSR count). The molecule has 7 heteroatoms. The van der Waals surface area contributed by atoms with Crippen LogP contribution in [-0.2, 0) is 6.54 Å². The van der Waals surface area contributed by atoms with Gasteiger partial charge in [-0.1, -0.05) is 39.0 Å². The molecule has 29 heavy (non-hydrogen) atoms. The average molecular weight is 399 g/mol. The predicted molar refractivity (Wildman–Crippen MR) is 112 cm³/mol. The third kappa shape index (κ3) is 4.28. The lowest BCUT2D eigenvalue weighted by molar-refractivity contribution is 0.0932. The van der Waals surface area contributed by atoms with Gasteiger partial charge in [0.05, 0.1) is 10.9 Å². The number of nitrogens with one attached hydrogen (secondary N) is 2. The van der Waals surface area contributed by atoms with Gasteiger partial charge in [0.15, 0.2) is 5.65 Å². The molecule has 0 aromatic carbocycles. The maximum Gasteiger partial charge on any atom is 0.329 e. The van der Waals surface area contributed by atoms with E-state index in [0.29, 0.717) is 23.7 Å². The highest BCUT2D eigenvalue weighted by Crippen LogP contribution is 2.40. The molecule has 0 unspecified atom stereocenters. The third-order valence-corrected chi connectivity index (χ3v) is 6.10. The number of fused-ring (bicyclic) bond motifs is 1. The van der Waals surface area contributed by atoms with Gasteiger partial charge in [0.1, 0.15) is 0 Å². The number of carbonyl (C=O) groups excluding carboxylic acids is 1. The highest BCUT2D eigenvalue weighted by atomic mass is 16.2. The van der Waals surface area contributed by atoms with Crippen molar-refractivity contribution >= 4 is 16.9 Å².